The minimum absolute atomic E-state index is 0.0999. The molecule has 1 heterocycles. The lowest BCUT2D eigenvalue weighted by Crippen LogP contribution is -2.56. The molecule has 1 unspecified atom stereocenters. The van der Waals surface area contributed by atoms with Gasteiger partial charge in [-0.15, -0.1) is 0 Å². The largest absolute Gasteiger partial charge is 0.444 e. The maximum absolute atomic E-state index is 13.0. The van der Waals surface area contributed by atoms with E-state index in [4.69, 9.17) is 4.74 Å². The number of nitrogens with one attached hydrogen (secondary N) is 1. The van der Waals surface area contributed by atoms with Crippen LogP contribution in [0.3, 0.4) is 0 Å². The minimum atomic E-state index is -0.637. The molecule has 0 saturated carbocycles. The lowest BCUT2D eigenvalue weighted by molar-refractivity contribution is 0.0387. The first-order chi connectivity index (χ1) is 13.2. The first kappa shape index (κ1) is 19.9. The summed E-state index contributed by atoms with van der Waals surface area (Å²) in [5, 5.41) is 2.81. The normalized spacial score (nSPS) is 20.7. The zero-order valence-electron chi connectivity index (χ0n) is 16.6. The van der Waals surface area contributed by atoms with E-state index in [1.807, 2.05) is 24.3 Å². The van der Waals surface area contributed by atoms with Crippen molar-refractivity contribution >= 4 is 17.9 Å². The molecule has 3 rings (SSSR count). The van der Waals surface area contributed by atoms with Gasteiger partial charge in [-0.1, -0.05) is 36.4 Å². The molecule has 1 aromatic carbocycles. The Balaban J connectivity index is 1.89. The van der Waals surface area contributed by atoms with E-state index in [0.717, 1.165) is 0 Å². The highest BCUT2D eigenvalue weighted by Gasteiger charge is 2.44. The molecule has 2 aliphatic rings. The molecule has 3 atom stereocenters. The lowest BCUT2D eigenvalue weighted by Gasteiger charge is -2.37. The average Bonchev–Trinajstić information content (AvgIpc) is 2.87. The summed E-state index contributed by atoms with van der Waals surface area (Å²) < 4.78 is 5.35. The zero-order chi connectivity index (χ0) is 20.5. The molecule has 3 amide bonds. The predicted octanol–water partition coefficient (Wildman–Crippen LogP) is 3.70. The van der Waals surface area contributed by atoms with Crippen molar-refractivity contribution in [3.8, 4) is 0 Å². The summed E-state index contributed by atoms with van der Waals surface area (Å²) in [6, 6.07) is 5.80. The molecule has 0 saturated heterocycles. The van der Waals surface area contributed by atoms with Crippen LogP contribution in [0.15, 0.2) is 48.6 Å². The molecule has 0 aromatic heterocycles. The van der Waals surface area contributed by atoms with Crippen molar-refractivity contribution in [1.29, 1.82) is 0 Å². The van der Waals surface area contributed by atoms with Gasteiger partial charge in [-0.25, -0.2) is 4.79 Å². The quantitative estimate of drug-likeness (QED) is 0.806. The lowest BCUT2D eigenvalue weighted by atomic mass is 9.87. The third kappa shape index (κ3) is 4.01. The maximum atomic E-state index is 13.0. The van der Waals surface area contributed by atoms with Crippen LogP contribution < -0.4 is 5.32 Å². The molecule has 28 heavy (non-hydrogen) atoms. The van der Waals surface area contributed by atoms with E-state index in [9.17, 15) is 14.4 Å². The van der Waals surface area contributed by atoms with Gasteiger partial charge in [-0.2, -0.15) is 0 Å². The second-order valence-corrected chi connectivity index (χ2v) is 8.16. The van der Waals surface area contributed by atoms with Gasteiger partial charge in [-0.3, -0.25) is 14.5 Å². The van der Waals surface area contributed by atoms with E-state index in [0.29, 0.717) is 17.5 Å². The Morgan fingerprint density at radius 1 is 1.14 bits per heavy atom. The van der Waals surface area contributed by atoms with Crippen molar-refractivity contribution < 1.29 is 19.1 Å². The van der Waals surface area contributed by atoms with Crippen molar-refractivity contribution in [2.24, 2.45) is 5.92 Å². The third-order valence-corrected chi connectivity index (χ3v) is 4.83. The average molecular weight is 382 g/mol. The second kappa shape index (κ2) is 7.62. The summed E-state index contributed by atoms with van der Waals surface area (Å²) in [6.07, 6.45) is 7.91. The Labute approximate surface area is 165 Å². The van der Waals surface area contributed by atoms with Crippen molar-refractivity contribution in [1.82, 2.24) is 10.2 Å². The summed E-state index contributed by atoms with van der Waals surface area (Å²) in [4.78, 5) is 39.6. The summed E-state index contributed by atoms with van der Waals surface area (Å²) >= 11 is 0. The van der Waals surface area contributed by atoms with Crippen LogP contribution in [-0.2, 0) is 4.74 Å². The van der Waals surface area contributed by atoms with Gasteiger partial charge in [0.1, 0.15) is 5.60 Å². The number of allylic oxidation sites excluding steroid dienone is 3. The fourth-order valence-corrected chi connectivity index (χ4v) is 3.70. The molecule has 0 radical (unpaired) electrons. The maximum Gasteiger partial charge on any atom is 0.407 e. The van der Waals surface area contributed by atoms with Gasteiger partial charge in [0.2, 0.25) is 0 Å². The molecule has 0 fully saturated rings. The molecule has 6 nitrogen and oxygen atoms in total. The van der Waals surface area contributed by atoms with Gasteiger partial charge in [0.15, 0.2) is 0 Å². The number of alkyl carbamates (subject to hydrolysis) is 1. The third-order valence-electron chi connectivity index (χ3n) is 4.83. The van der Waals surface area contributed by atoms with Gasteiger partial charge < -0.3 is 10.1 Å². The van der Waals surface area contributed by atoms with Crippen LogP contribution in [0.25, 0.3) is 0 Å². The van der Waals surface area contributed by atoms with Gasteiger partial charge >= 0.3 is 6.09 Å². The summed E-state index contributed by atoms with van der Waals surface area (Å²) in [7, 11) is 0. The summed E-state index contributed by atoms with van der Waals surface area (Å²) in [5.74, 6) is -0.755. The number of imide groups is 1. The van der Waals surface area contributed by atoms with E-state index >= 15 is 0 Å². The topological polar surface area (TPSA) is 75.7 Å². The molecule has 1 aliphatic carbocycles. The van der Waals surface area contributed by atoms with E-state index in [2.05, 4.69) is 5.32 Å². The standard InChI is InChI=1S/C22H26N2O4/c1-14(23-21(27)28-22(2,3)4)18(15-10-6-5-7-11-15)24-19(25)16-12-8-9-13-17(16)20(24)26/h5-10,12-15,18H,11H2,1-4H3,(H,23,27)/t14-,15?,18-/m0/s1. The van der Waals surface area contributed by atoms with Crippen molar-refractivity contribution in [3.05, 3.63) is 59.7 Å². The first-order valence-electron chi connectivity index (χ1n) is 9.49. The van der Waals surface area contributed by atoms with Crippen LogP contribution in [0.2, 0.25) is 0 Å². The second-order valence-electron chi connectivity index (χ2n) is 8.16. The number of carbonyl (C=O) groups is 3. The Kier molecular flexibility index (Phi) is 5.40. The Hall–Kier alpha value is -2.89. The molecule has 148 valence electrons. The van der Waals surface area contributed by atoms with Gasteiger partial charge in [0.25, 0.3) is 11.8 Å². The van der Waals surface area contributed by atoms with Crippen molar-refractivity contribution in [2.75, 3.05) is 0 Å². The number of rotatable bonds is 4. The molecular weight excluding hydrogens is 356 g/mol. The van der Waals surface area contributed by atoms with Gasteiger partial charge in [0.05, 0.1) is 23.2 Å². The molecule has 6 heteroatoms. The van der Waals surface area contributed by atoms with Crippen LogP contribution in [-0.4, -0.2) is 40.5 Å². The SMILES string of the molecule is C[C@H](NC(=O)OC(C)(C)C)[C@@H](C1C=CC=CC1)N1C(=O)c2ccccc2C1=O. The number of nitrogens with zero attached hydrogens (tertiary/aromatic N) is 1. The Morgan fingerprint density at radius 2 is 1.75 bits per heavy atom. The van der Waals surface area contributed by atoms with Crippen LogP contribution in [0.4, 0.5) is 4.79 Å². The molecule has 1 aliphatic heterocycles. The van der Waals surface area contributed by atoms with E-state index < -0.39 is 23.8 Å². The molecule has 1 N–H and O–H groups in total. The van der Waals surface area contributed by atoms with E-state index in [1.54, 1.807) is 52.0 Å². The van der Waals surface area contributed by atoms with Crippen LogP contribution in [0.1, 0.15) is 54.8 Å². The van der Waals surface area contributed by atoms with Crippen LogP contribution in [0, 0.1) is 5.92 Å². The van der Waals surface area contributed by atoms with Gasteiger partial charge in [0, 0.05) is 5.92 Å². The number of benzene rings is 1. The molecular formula is C22H26N2O4. The number of ether oxygens (including phenoxy) is 1. The summed E-state index contributed by atoms with van der Waals surface area (Å²) in [5.41, 5.74) is 0.164. The number of fused-ring (bicyclic) bond motifs is 1. The van der Waals surface area contributed by atoms with E-state index in [1.165, 1.54) is 4.90 Å². The number of carbonyl (C=O) groups excluding carboxylic acids is 3. The zero-order valence-corrected chi connectivity index (χ0v) is 16.6. The highest BCUT2D eigenvalue weighted by atomic mass is 16.6. The molecule has 1 aromatic rings. The number of hydrogen-bond donors (Lipinski definition) is 1. The Morgan fingerprint density at radius 3 is 2.25 bits per heavy atom. The highest BCUT2D eigenvalue weighted by Crippen LogP contribution is 2.31. The highest BCUT2D eigenvalue weighted by molar-refractivity contribution is 6.21. The van der Waals surface area contributed by atoms with Crippen molar-refractivity contribution in [2.45, 2.75) is 51.8 Å². The monoisotopic (exact) mass is 382 g/mol. The smallest absolute Gasteiger partial charge is 0.407 e. The minimum Gasteiger partial charge on any atom is -0.444 e. The van der Waals surface area contributed by atoms with Crippen LogP contribution >= 0.6 is 0 Å². The van der Waals surface area contributed by atoms with Crippen molar-refractivity contribution in [3.63, 3.8) is 0 Å². The molecule has 0 spiro atoms. The van der Waals surface area contributed by atoms with Gasteiger partial charge in [-0.05, 0) is 46.2 Å². The van der Waals surface area contributed by atoms with E-state index in [-0.39, 0.29) is 17.7 Å². The number of hydrogen-bond acceptors (Lipinski definition) is 4. The predicted molar refractivity (Wildman–Crippen MR) is 106 cm³/mol. The fraction of sp³-hybridized carbons (Fsp3) is 0.409. The fourth-order valence-electron chi connectivity index (χ4n) is 3.70. The molecule has 0 bridgehead atoms. The summed E-state index contributed by atoms with van der Waals surface area (Å²) in [6.45, 7) is 7.15. The first-order valence-corrected chi connectivity index (χ1v) is 9.49. The Bertz CT molecular complexity index is 815. The van der Waals surface area contributed by atoms with Crippen LogP contribution in [0.5, 0.6) is 0 Å². The number of amides is 3.